The first kappa shape index (κ1) is 20.1. The van der Waals surface area contributed by atoms with Gasteiger partial charge in [-0.05, 0) is 58.6 Å². The summed E-state index contributed by atoms with van der Waals surface area (Å²) in [6.45, 7) is 5.95. The van der Waals surface area contributed by atoms with Crippen molar-refractivity contribution in [2.24, 2.45) is 5.92 Å². The topological polar surface area (TPSA) is 73.1 Å². The van der Waals surface area contributed by atoms with Gasteiger partial charge in [-0.15, -0.1) is 0 Å². The Morgan fingerprint density at radius 2 is 1.82 bits per heavy atom. The minimum absolute atomic E-state index is 0.123. The van der Waals surface area contributed by atoms with Crippen molar-refractivity contribution in [1.29, 1.82) is 0 Å². The lowest BCUT2D eigenvalue weighted by Gasteiger charge is -2.15. The predicted molar refractivity (Wildman–Crippen MR) is 115 cm³/mol. The average molecular weight is 444 g/mol. The molecule has 0 radical (unpaired) electrons. The quantitative estimate of drug-likeness (QED) is 0.655. The molecule has 0 atom stereocenters. The van der Waals surface area contributed by atoms with Crippen molar-refractivity contribution in [1.82, 2.24) is 9.13 Å². The van der Waals surface area contributed by atoms with Crippen LogP contribution in [0.25, 0.3) is 10.9 Å². The monoisotopic (exact) mass is 443 g/mol. The van der Waals surface area contributed by atoms with Crippen molar-refractivity contribution < 1.29 is 4.79 Å². The molecule has 28 heavy (non-hydrogen) atoms. The van der Waals surface area contributed by atoms with E-state index in [1.54, 1.807) is 30.3 Å². The summed E-state index contributed by atoms with van der Waals surface area (Å²) < 4.78 is 3.33. The second-order valence-corrected chi connectivity index (χ2v) is 8.08. The molecule has 0 saturated carbocycles. The number of nitrogens with one attached hydrogen (secondary N) is 1. The Hall–Kier alpha value is -2.67. The number of anilines is 1. The molecule has 0 aliphatic carbocycles. The third-order valence-electron chi connectivity index (χ3n) is 4.38. The summed E-state index contributed by atoms with van der Waals surface area (Å²) in [7, 11) is 0. The highest BCUT2D eigenvalue weighted by atomic mass is 79.9. The first-order valence-electron chi connectivity index (χ1n) is 9.06. The number of rotatable bonds is 5. The summed E-state index contributed by atoms with van der Waals surface area (Å²) in [5.74, 6) is -0.219. The summed E-state index contributed by atoms with van der Waals surface area (Å²) >= 11 is 3.43. The molecule has 1 N–H and O–H groups in total. The second kappa shape index (κ2) is 8.14. The number of hydrogen-bond donors (Lipinski definition) is 1. The summed E-state index contributed by atoms with van der Waals surface area (Å²) in [6.07, 6.45) is 0. The number of carbonyl (C=O) groups excluding carboxylic acids is 1. The number of aromatic nitrogens is 2. The molecule has 0 unspecified atom stereocenters. The van der Waals surface area contributed by atoms with Gasteiger partial charge in [0.15, 0.2) is 0 Å². The smallest absolute Gasteiger partial charge is 0.324 e. The molecule has 1 amide bonds. The van der Waals surface area contributed by atoms with E-state index in [0.717, 1.165) is 10.0 Å². The Morgan fingerprint density at radius 1 is 1.11 bits per heavy atom. The van der Waals surface area contributed by atoms with Crippen molar-refractivity contribution >= 4 is 38.4 Å². The highest BCUT2D eigenvalue weighted by Crippen LogP contribution is 2.23. The Bertz CT molecular complexity index is 1160. The van der Waals surface area contributed by atoms with E-state index in [2.05, 4.69) is 21.2 Å². The third kappa shape index (κ3) is 4.09. The largest absolute Gasteiger partial charge is 0.331 e. The molecule has 0 bridgehead atoms. The zero-order valence-electron chi connectivity index (χ0n) is 16.0. The van der Waals surface area contributed by atoms with Gasteiger partial charge in [0.2, 0.25) is 5.91 Å². The van der Waals surface area contributed by atoms with Gasteiger partial charge in [0.05, 0.1) is 16.6 Å². The number of hydrogen-bond acceptors (Lipinski definition) is 3. The lowest BCUT2D eigenvalue weighted by Crippen LogP contribution is -2.42. The average Bonchev–Trinajstić information content (AvgIpc) is 2.64. The normalized spacial score (nSPS) is 11.2. The molecule has 146 valence electrons. The fourth-order valence-electron chi connectivity index (χ4n) is 3.10. The van der Waals surface area contributed by atoms with Crippen molar-refractivity contribution in [3.63, 3.8) is 0 Å². The number of halogens is 1. The lowest BCUT2D eigenvalue weighted by molar-refractivity contribution is -0.116. The van der Waals surface area contributed by atoms with Crippen LogP contribution in [0.5, 0.6) is 0 Å². The molecule has 1 heterocycles. The molecular formula is C21H22BrN3O3. The van der Waals surface area contributed by atoms with Crippen LogP contribution in [0.4, 0.5) is 5.69 Å². The minimum atomic E-state index is -0.476. The Kier molecular flexibility index (Phi) is 5.84. The molecule has 2 aromatic carbocycles. The summed E-state index contributed by atoms with van der Waals surface area (Å²) in [6, 6.07) is 12.5. The van der Waals surface area contributed by atoms with Crippen LogP contribution in [0.1, 0.15) is 19.4 Å². The maximum Gasteiger partial charge on any atom is 0.331 e. The van der Waals surface area contributed by atoms with Gasteiger partial charge < -0.3 is 5.32 Å². The van der Waals surface area contributed by atoms with Gasteiger partial charge in [0, 0.05) is 11.0 Å². The summed E-state index contributed by atoms with van der Waals surface area (Å²) in [5.41, 5.74) is 1.34. The number of benzene rings is 2. The highest BCUT2D eigenvalue weighted by molar-refractivity contribution is 9.10. The first-order chi connectivity index (χ1) is 13.3. The number of fused-ring (bicyclic) bond motifs is 1. The maximum atomic E-state index is 13.0. The Morgan fingerprint density at radius 3 is 2.50 bits per heavy atom. The Labute approximate surface area is 170 Å². The van der Waals surface area contributed by atoms with Gasteiger partial charge in [-0.25, -0.2) is 4.79 Å². The van der Waals surface area contributed by atoms with Gasteiger partial charge in [-0.2, -0.15) is 0 Å². The SMILES string of the molecule is Cc1ccc(NC(=O)Cn2c(=O)n(CC(C)C)c(=O)c3ccccc32)c(Br)c1. The van der Waals surface area contributed by atoms with E-state index in [4.69, 9.17) is 0 Å². The first-order valence-corrected chi connectivity index (χ1v) is 9.85. The van der Waals surface area contributed by atoms with Gasteiger partial charge in [-0.1, -0.05) is 32.0 Å². The fourth-order valence-corrected chi connectivity index (χ4v) is 3.70. The van der Waals surface area contributed by atoms with E-state index < -0.39 is 5.69 Å². The molecule has 0 aliphatic rings. The van der Waals surface area contributed by atoms with Crippen LogP contribution in [0.3, 0.4) is 0 Å². The molecule has 0 aliphatic heterocycles. The molecule has 7 heteroatoms. The van der Waals surface area contributed by atoms with Crippen LogP contribution < -0.4 is 16.6 Å². The van der Waals surface area contributed by atoms with Gasteiger partial charge in [0.25, 0.3) is 5.56 Å². The molecule has 0 fully saturated rings. The van der Waals surface area contributed by atoms with Crippen LogP contribution in [0, 0.1) is 12.8 Å². The van der Waals surface area contributed by atoms with Crippen LogP contribution >= 0.6 is 15.9 Å². The highest BCUT2D eigenvalue weighted by Gasteiger charge is 2.16. The number of amides is 1. The molecule has 0 saturated heterocycles. The third-order valence-corrected chi connectivity index (χ3v) is 5.04. The molecule has 3 aromatic rings. The number of aryl methyl sites for hydroxylation is 1. The molecular weight excluding hydrogens is 422 g/mol. The molecule has 6 nitrogen and oxygen atoms in total. The zero-order valence-corrected chi connectivity index (χ0v) is 17.6. The van der Waals surface area contributed by atoms with Gasteiger partial charge in [0.1, 0.15) is 6.54 Å². The number of carbonyl (C=O) groups is 1. The minimum Gasteiger partial charge on any atom is -0.324 e. The number of para-hydroxylation sites is 1. The van der Waals surface area contributed by atoms with E-state index in [-0.39, 0.29) is 23.9 Å². The van der Waals surface area contributed by atoms with E-state index in [1.165, 1.54) is 9.13 Å². The molecule has 1 aromatic heterocycles. The zero-order chi connectivity index (χ0) is 20.4. The maximum absolute atomic E-state index is 13.0. The second-order valence-electron chi connectivity index (χ2n) is 7.23. The van der Waals surface area contributed by atoms with E-state index in [9.17, 15) is 14.4 Å². The van der Waals surface area contributed by atoms with Crippen LogP contribution in [0.2, 0.25) is 0 Å². The van der Waals surface area contributed by atoms with Crippen LogP contribution in [-0.2, 0) is 17.9 Å². The predicted octanol–water partition coefficient (Wildman–Crippen LogP) is 3.53. The summed E-state index contributed by atoms with van der Waals surface area (Å²) in [5, 5.41) is 3.24. The van der Waals surface area contributed by atoms with Gasteiger partial charge >= 0.3 is 5.69 Å². The summed E-state index contributed by atoms with van der Waals surface area (Å²) in [4.78, 5) is 38.4. The van der Waals surface area contributed by atoms with E-state index in [0.29, 0.717) is 23.1 Å². The van der Waals surface area contributed by atoms with Crippen molar-refractivity contribution in [3.05, 3.63) is 73.3 Å². The van der Waals surface area contributed by atoms with Crippen LogP contribution in [0.15, 0.2) is 56.5 Å². The van der Waals surface area contributed by atoms with Crippen LogP contribution in [-0.4, -0.2) is 15.0 Å². The fraction of sp³-hybridized carbons (Fsp3) is 0.286. The van der Waals surface area contributed by atoms with Crippen molar-refractivity contribution in [2.75, 3.05) is 5.32 Å². The van der Waals surface area contributed by atoms with Crippen molar-refractivity contribution in [2.45, 2.75) is 33.9 Å². The van der Waals surface area contributed by atoms with Gasteiger partial charge in [-0.3, -0.25) is 18.7 Å². The number of nitrogens with zero attached hydrogens (tertiary/aromatic N) is 2. The Balaban J connectivity index is 2.03. The van der Waals surface area contributed by atoms with E-state index in [1.807, 2.05) is 32.9 Å². The standard InChI is InChI=1S/C21H22BrN3O3/c1-13(2)11-25-20(27)15-6-4-5-7-18(15)24(21(25)28)12-19(26)23-17-9-8-14(3)10-16(17)22/h4-10,13H,11-12H2,1-3H3,(H,23,26). The molecule has 0 spiro atoms. The van der Waals surface area contributed by atoms with Crippen molar-refractivity contribution in [3.8, 4) is 0 Å². The lowest BCUT2D eigenvalue weighted by atomic mass is 10.2. The molecule has 3 rings (SSSR count). The van der Waals surface area contributed by atoms with E-state index >= 15 is 0 Å².